The van der Waals surface area contributed by atoms with Gasteiger partial charge in [0, 0.05) is 9.52 Å². The van der Waals surface area contributed by atoms with E-state index in [0.717, 1.165) is 22.4 Å². The van der Waals surface area contributed by atoms with Gasteiger partial charge >= 0.3 is 37.9 Å². The van der Waals surface area contributed by atoms with E-state index in [4.69, 9.17) is 17.0 Å². The molecule has 0 aromatic heterocycles. The van der Waals surface area contributed by atoms with Gasteiger partial charge in [-0.1, -0.05) is 152 Å². The molecule has 0 aliphatic carbocycles. The summed E-state index contributed by atoms with van der Waals surface area (Å²) < 4.78 is 0. The van der Waals surface area contributed by atoms with Gasteiger partial charge in [0.05, 0.1) is 0 Å². The summed E-state index contributed by atoms with van der Waals surface area (Å²) in [5.41, 5.74) is 14.5. The third-order valence-electron chi connectivity index (χ3n) is 9.62. The van der Waals surface area contributed by atoms with Crippen LogP contribution < -0.4 is 0 Å². The molecule has 274 valence electrons. The van der Waals surface area contributed by atoms with Crippen molar-refractivity contribution in [1.29, 1.82) is 0 Å². The van der Waals surface area contributed by atoms with Crippen LogP contribution in [0.15, 0.2) is 97.1 Å². The predicted octanol–water partition coefficient (Wildman–Crippen LogP) is 15.9. The van der Waals surface area contributed by atoms with Crippen LogP contribution in [0.5, 0.6) is 0 Å². The van der Waals surface area contributed by atoms with Gasteiger partial charge in [0.15, 0.2) is 0 Å². The molecule has 6 aromatic carbocycles. The van der Waals surface area contributed by atoms with E-state index in [1.165, 1.54) is 103 Å². The van der Waals surface area contributed by atoms with Crippen LogP contribution in [-0.2, 0) is 46.5 Å². The first-order valence-electron chi connectivity index (χ1n) is 19.3. The van der Waals surface area contributed by atoms with E-state index >= 15 is 0 Å². The third kappa shape index (κ3) is 11.4. The molecule has 0 saturated carbocycles. The normalized spacial score (nSPS) is 10.7. The van der Waals surface area contributed by atoms with E-state index in [2.05, 4.69) is 166 Å². The van der Waals surface area contributed by atoms with E-state index < -0.39 is 20.8 Å². The first kappa shape index (κ1) is 44.2. The minimum atomic E-state index is -0.826. The van der Waals surface area contributed by atoms with Gasteiger partial charge in [0.2, 0.25) is 0 Å². The summed E-state index contributed by atoms with van der Waals surface area (Å²) in [4.78, 5) is 0. The summed E-state index contributed by atoms with van der Waals surface area (Å²) in [6.45, 7) is 22.5. The zero-order valence-corrected chi connectivity index (χ0v) is 38.4. The Labute approximate surface area is 338 Å². The van der Waals surface area contributed by atoms with Gasteiger partial charge in [-0.25, -0.2) is 0 Å². The quantitative estimate of drug-likeness (QED) is 0.0953. The van der Waals surface area contributed by atoms with E-state index in [1.807, 2.05) is 0 Å². The van der Waals surface area contributed by atoms with Crippen LogP contribution in [0.25, 0.3) is 43.8 Å². The van der Waals surface area contributed by atoms with Crippen molar-refractivity contribution in [2.45, 2.75) is 119 Å². The predicted molar refractivity (Wildman–Crippen MR) is 234 cm³/mol. The van der Waals surface area contributed by atoms with Gasteiger partial charge in [0.25, 0.3) is 0 Å². The second-order valence-corrected chi connectivity index (χ2v) is 18.9. The third-order valence-corrected chi connectivity index (χ3v) is 9.62. The molecule has 0 bridgehead atoms. The van der Waals surface area contributed by atoms with Crippen LogP contribution in [0.4, 0.5) is 0 Å². The Morgan fingerprint density at radius 2 is 0.923 bits per heavy atom. The van der Waals surface area contributed by atoms with Crippen molar-refractivity contribution in [1.82, 2.24) is 0 Å². The summed E-state index contributed by atoms with van der Waals surface area (Å²) in [6.07, 6.45) is 6.89. The zero-order valence-electron chi connectivity index (χ0n) is 33.4. The molecule has 6 aromatic rings. The molecule has 0 amide bonds. The van der Waals surface area contributed by atoms with Crippen molar-refractivity contribution in [3.63, 3.8) is 0 Å². The fourth-order valence-electron chi connectivity index (χ4n) is 7.30. The van der Waals surface area contributed by atoms with E-state index in [9.17, 15) is 0 Å². The molecular formula is C48H60Cl2SiZr. The minimum absolute atomic E-state index is 0.531. The summed E-state index contributed by atoms with van der Waals surface area (Å²) in [7, 11) is 11.0. The number of hydrogen-bond acceptors (Lipinski definition) is 0. The summed E-state index contributed by atoms with van der Waals surface area (Å²) in [5.74, 6) is 1.06. The number of aryl methyl sites for hydroxylation is 4. The van der Waals surface area contributed by atoms with Crippen LogP contribution in [0.2, 0.25) is 13.1 Å². The fourth-order valence-corrected chi connectivity index (χ4v) is 7.30. The van der Waals surface area contributed by atoms with Crippen LogP contribution in [0, 0.1) is 0 Å². The molecule has 0 unspecified atom stereocenters. The fraction of sp³-hybridized carbons (Fsp3) is 0.375. The van der Waals surface area contributed by atoms with Crippen molar-refractivity contribution < 1.29 is 20.8 Å². The van der Waals surface area contributed by atoms with E-state index in [0.29, 0.717) is 11.8 Å². The summed E-state index contributed by atoms with van der Waals surface area (Å²) in [5, 5.41) is 5.64. The van der Waals surface area contributed by atoms with Crippen LogP contribution in [-0.4, -0.2) is 9.52 Å². The molecule has 2 radical (unpaired) electrons. The van der Waals surface area contributed by atoms with E-state index in [-0.39, 0.29) is 0 Å². The molecule has 0 spiro atoms. The molecule has 52 heavy (non-hydrogen) atoms. The zero-order chi connectivity index (χ0) is 38.2. The summed E-state index contributed by atoms with van der Waals surface area (Å²) in [6, 6.07) is 36.7. The number of fused-ring (bicyclic) bond motifs is 2. The van der Waals surface area contributed by atoms with Crippen molar-refractivity contribution in [3.05, 3.63) is 130 Å². The first-order chi connectivity index (χ1) is 25.1. The van der Waals surface area contributed by atoms with Gasteiger partial charge in [-0.15, -0.1) is 69.1 Å². The molecule has 0 aliphatic heterocycles. The SMILES string of the molecule is CCCc1cc2c(-c3ccccc3CC)c(C(C)C)ccc2[cH-]1.CCCc1cc2c(-c3ccccc3CC)c(C(C)C)ccc2[cH-]1.C[Si]C.[Cl][Zr+2][Cl]. The Morgan fingerprint density at radius 3 is 1.23 bits per heavy atom. The Hall–Kier alpha value is -2.22. The van der Waals surface area contributed by atoms with Crippen LogP contribution in [0.1, 0.15) is 113 Å². The van der Waals surface area contributed by atoms with Gasteiger partial charge in [-0.3, -0.25) is 0 Å². The molecule has 0 N–H and O–H groups in total. The molecular weight excluding hydrogens is 767 g/mol. The van der Waals surface area contributed by atoms with Gasteiger partial charge in [-0.2, -0.15) is 12.1 Å². The van der Waals surface area contributed by atoms with Gasteiger partial charge in [-0.05, 0) is 59.8 Å². The van der Waals surface area contributed by atoms with Gasteiger partial charge < -0.3 is 0 Å². The van der Waals surface area contributed by atoms with Crippen molar-refractivity contribution in [2.24, 2.45) is 0 Å². The molecule has 6 rings (SSSR count). The molecule has 0 atom stereocenters. The monoisotopic (exact) mass is 824 g/mol. The number of rotatable bonds is 10. The maximum absolute atomic E-state index is 4.93. The Morgan fingerprint density at radius 1 is 0.577 bits per heavy atom. The van der Waals surface area contributed by atoms with Crippen LogP contribution in [0.3, 0.4) is 0 Å². The average molecular weight is 827 g/mol. The number of hydrogen-bond donors (Lipinski definition) is 0. The molecule has 0 nitrogen and oxygen atoms in total. The number of halogens is 2. The number of benzene rings is 4. The molecule has 0 heterocycles. The van der Waals surface area contributed by atoms with E-state index in [1.54, 1.807) is 0 Å². The second kappa shape index (κ2) is 22.9. The van der Waals surface area contributed by atoms with Crippen molar-refractivity contribution >= 4 is 48.1 Å². The van der Waals surface area contributed by atoms with Crippen LogP contribution >= 0.6 is 17.0 Å². The first-order valence-corrected chi connectivity index (χ1v) is 27.6. The maximum atomic E-state index is 4.93. The topological polar surface area (TPSA) is 0 Å². The van der Waals surface area contributed by atoms with Crippen molar-refractivity contribution in [2.75, 3.05) is 0 Å². The van der Waals surface area contributed by atoms with Gasteiger partial charge in [0.1, 0.15) is 0 Å². The average Bonchev–Trinajstić information content (AvgIpc) is 3.75. The second-order valence-electron chi connectivity index (χ2n) is 14.2. The molecule has 0 saturated heterocycles. The molecule has 0 fully saturated rings. The molecule has 4 heteroatoms. The molecule has 0 aliphatic rings. The summed E-state index contributed by atoms with van der Waals surface area (Å²) >= 11 is -0.826. The Bertz CT molecular complexity index is 1800. The Balaban J connectivity index is 0.000000244. The Kier molecular flexibility index (Phi) is 19.4. The van der Waals surface area contributed by atoms with Crippen molar-refractivity contribution in [3.8, 4) is 22.3 Å². The standard InChI is InChI=1S/2C23H27.C2H6Si.2ClH.Zr/c2*1-5-9-17-14-19-12-13-20(16(3)4)23(22(19)15-17)21-11-8-7-10-18(21)6-2;1-3-2;;;/h2*7-8,10-16H,5-6,9H2,1-4H3;1-2H3;2*1H;/q2*-1;;;;+4/p-2.